The van der Waals surface area contributed by atoms with Crippen molar-refractivity contribution in [2.75, 3.05) is 20.2 Å². The molecule has 1 aliphatic rings. The highest BCUT2D eigenvalue weighted by Crippen LogP contribution is 2.49. The molecule has 1 saturated heterocycles. The van der Waals surface area contributed by atoms with Crippen molar-refractivity contribution in [3.05, 3.63) is 35.9 Å². The van der Waals surface area contributed by atoms with Gasteiger partial charge >= 0.3 is 13.8 Å². The first-order valence-corrected chi connectivity index (χ1v) is 9.28. The van der Waals surface area contributed by atoms with Crippen molar-refractivity contribution < 1.29 is 23.4 Å². The summed E-state index contributed by atoms with van der Waals surface area (Å²) in [5, 5.41) is 5.20. The Hall–Kier alpha value is -1.89. The zero-order valence-corrected chi connectivity index (χ0v) is 14.6. The SMILES string of the molecule is CCCN[P@](=O)(OC)N1CC(NC(=O)OCc2ccccc2)C1=O. The van der Waals surface area contributed by atoms with Crippen LogP contribution < -0.4 is 10.4 Å². The third-order valence-corrected chi connectivity index (χ3v) is 5.65. The molecule has 0 radical (unpaired) electrons. The van der Waals surface area contributed by atoms with Crippen LogP contribution in [0.15, 0.2) is 30.3 Å². The molecule has 1 aliphatic heterocycles. The molecule has 0 aromatic heterocycles. The fourth-order valence-electron chi connectivity index (χ4n) is 2.16. The van der Waals surface area contributed by atoms with Crippen LogP contribution in [-0.2, 0) is 25.2 Å². The molecule has 1 aromatic rings. The summed E-state index contributed by atoms with van der Waals surface area (Å²) in [6.07, 6.45) is 0.0636. The van der Waals surface area contributed by atoms with Gasteiger partial charge in [0.25, 0.3) is 5.91 Å². The molecule has 9 heteroatoms. The summed E-state index contributed by atoms with van der Waals surface area (Å²) in [6.45, 7) is 2.61. The van der Waals surface area contributed by atoms with E-state index in [-0.39, 0.29) is 13.2 Å². The first kappa shape index (κ1) is 18.4. The van der Waals surface area contributed by atoms with Crippen LogP contribution in [0, 0.1) is 0 Å². The predicted molar refractivity (Wildman–Crippen MR) is 88.2 cm³/mol. The quantitative estimate of drug-likeness (QED) is 0.546. The molecular weight excluding hydrogens is 333 g/mol. The van der Waals surface area contributed by atoms with E-state index >= 15 is 0 Å². The van der Waals surface area contributed by atoms with Crippen LogP contribution in [0.25, 0.3) is 0 Å². The van der Waals surface area contributed by atoms with Crippen LogP contribution in [0.5, 0.6) is 0 Å². The lowest BCUT2D eigenvalue weighted by Gasteiger charge is -2.41. The molecule has 24 heavy (non-hydrogen) atoms. The summed E-state index contributed by atoms with van der Waals surface area (Å²) < 4.78 is 23.7. The lowest BCUT2D eigenvalue weighted by atomic mass is 10.2. The highest BCUT2D eigenvalue weighted by molar-refractivity contribution is 7.55. The Kier molecular flexibility index (Phi) is 6.36. The molecule has 0 spiro atoms. The average molecular weight is 355 g/mol. The van der Waals surface area contributed by atoms with E-state index in [0.29, 0.717) is 6.54 Å². The van der Waals surface area contributed by atoms with E-state index in [4.69, 9.17) is 9.26 Å². The van der Waals surface area contributed by atoms with Crippen molar-refractivity contribution in [3.63, 3.8) is 0 Å². The predicted octanol–water partition coefficient (Wildman–Crippen LogP) is 1.88. The van der Waals surface area contributed by atoms with E-state index in [9.17, 15) is 14.2 Å². The van der Waals surface area contributed by atoms with Gasteiger partial charge in [-0.3, -0.25) is 9.46 Å². The molecule has 2 rings (SSSR count). The van der Waals surface area contributed by atoms with E-state index in [1.807, 2.05) is 37.3 Å². The van der Waals surface area contributed by atoms with E-state index in [1.165, 1.54) is 7.11 Å². The Bertz CT molecular complexity index is 625. The summed E-state index contributed by atoms with van der Waals surface area (Å²) in [5.74, 6) is -0.458. The molecule has 2 N–H and O–H groups in total. The number of hydrogen-bond acceptors (Lipinski definition) is 5. The fraction of sp³-hybridized carbons (Fsp3) is 0.467. The summed E-state index contributed by atoms with van der Waals surface area (Å²) in [4.78, 5) is 23.8. The molecule has 0 aliphatic carbocycles. The highest BCUT2D eigenvalue weighted by Gasteiger charge is 2.48. The second kappa shape index (κ2) is 8.28. The van der Waals surface area contributed by atoms with E-state index in [0.717, 1.165) is 16.7 Å². The van der Waals surface area contributed by atoms with Gasteiger partial charge in [0.15, 0.2) is 0 Å². The number of carbonyl (C=O) groups is 2. The van der Waals surface area contributed by atoms with Crippen molar-refractivity contribution in [2.24, 2.45) is 0 Å². The molecule has 0 saturated carbocycles. The maximum Gasteiger partial charge on any atom is 0.408 e. The summed E-state index contributed by atoms with van der Waals surface area (Å²) in [5.41, 5.74) is 0.849. The molecule has 1 heterocycles. The van der Waals surface area contributed by atoms with Crippen molar-refractivity contribution in [3.8, 4) is 0 Å². The smallest absolute Gasteiger partial charge is 0.408 e. The van der Waals surface area contributed by atoms with Gasteiger partial charge < -0.3 is 14.6 Å². The minimum Gasteiger partial charge on any atom is -0.445 e. The average Bonchev–Trinajstić information content (AvgIpc) is 2.61. The van der Waals surface area contributed by atoms with Gasteiger partial charge in [0.1, 0.15) is 12.6 Å². The normalized spacial score (nSPS) is 19.3. The highest BCUT2D eigenvalue weighted by atomic mass is 31.2. The van der Waals surface area contributed by atoms with Crippen molar-refractivity contribution >= 4 is 19.7 Å². The lowest BCUT2D eigenvalue weighted by Crippen LogP contribution is -2.63. The number of amides is 2. The van der Waals surface area contributed by atoms with Crippen LogP contribution in [0.2, 0.25) is 0 Å². The molecule has 0 bridgehead atoms. The van der Waals surface area contributed by atoms with Gasteiger partial charge in [-0.25, -0.2) is 14.4 Å². The number of rotatable bonds is 8. The van der Waals surface area contributed by atoms with Crippen LogP contribution in [-0.4, -0.2) is 42.9 Å². The maximum absolute atomic E-state index is 12.5. The minimum atomic E-state index is -3.38. The second-order valence-corrected chi connectivity index (χ2v) is 7.50. The number of nitrogens with zero attached hydrogens (tertiary/aromatic N) is 1. The van der Waals surface area contributed by atoms with E-state index in [2.05, 4.69) is 10.4 Å². The van der Waals surface area contributed by atoms with Gasteiger partial charge in [0.05, 0.1) is 6.54 Å². The number of hydrogen-bond donors (Lipinski definition) is 2. The van der Waals surface area contributed by atoms with Crippen molar-refractivity contribution in [2.45, 2.75) is 26.0 Å². The van der Waals surface area contributed by atoms with Crippen molar-refractivity contribution in [1.82, 2.24) is 15.1 Å². The van der Waals surface area contributed by atoms with Gasteiger partial charge in [0, 0.05) is 13.7 Å². The lowest BCUT2D eigenvalue weighted by molar-refractivity contribution is -0.137. The van der Waals surface area contributed by atoms with Gasteiger partial charge in [-0.15, -0.1) is 0 Å². The zero-order valence-electron chi connectivity index (χ0n) is 13.7. The van der Waals surface area contributed by atoms with Crippen LogP contribution in [0.3, 0.4) is 0 Å². The third-order valence-electron chi connectivity index (χ3n) is 3.54. The zero-order chi connectivity index (χ0) is 17.6. The Morgan fingerprint density at radius 3 is 2.67 bits per heavy atom. The topological polar surface area (TPSA) is 97.0 Å². The molecule has 1 fully saturated rings. The van der Waals surface area contributed by atoms with Crippen LogP contribution in [0.4, 0.5) is 4.79 Å². The Balaban J connectivity index is 1.80. The summed E-state index contributed by atoms with van der Waals surface area (Å²) in [6, 6.07) is 8.46. The Labute approximate surface area is 141 Å². The number of alkyl carbamates (subject to hydrolysis) is 1. The molecular formula is C15H22N3O5P. The second-order valence-electron chi connectivity index (χ2n) is 5.29. The Morgan fingerprint density at radius 2 is 2.08 bits per heavy atom. The molecule has 2 amide bonds. The summed E-state index contributed by atoms with van der Waals surface area (Å²) in [7, 11) is -2.10. The number of carbonyl (C=O) groups excluding carboxylic acids is 2. The molecule has 132 valence electrons. The number of benzene rings is 1. The van der Waals surface area contributed by atoms with Gasteiger partial charge in [-0.05, 0) is 12.0 Å². The number of ether oxygens (including phenoxy) is 1. The van der Waals surface area contributed by atoms with Crippen molar-refractivity contribution in [1.29, 1.82) is 0 Å². The first-order valence-electron chi connectivity index (χ1n) is 7.70. The molecule has 8 nitrogen and oxygen atoms in total. The summed E-state index contributed by atoms with van der Waals surface area (Å²) >= 11 is 0. The molecule has 1 aromatic carbocycles. The fourth-order valence-corrected chi connectivity index (χ4v) is 3.94. The van der Waals surface area contributed by atoms with Gasteiger partial charge in [-0.1, -0.05) is 37.3 Å². The van der Waals surface area contributed by atoms with Gasteiger partial charge in [0.2, 0.25) is 0 Å². The minimum absolute atomic E-state index is 0.112. The van der Waals surface area contributed by atoms with Crippen LogP contribution in [0.1, 0.15) is 18.9 Å². The molecule has 2 atom stereocenters. The maximum atomic E-state index is 12.5. The third kappa shape index (κ3) is 4.35. The standard InChI is InChI=1S/C15H22N3O5P/c1-3-9-16-24(21,22-2)18-10-13(14(18)19)17-15(20)23-11-12-7-5-4-6-8-12/h4-8,13H,3,9-11H2,1-2H3,(H,16,21)(H,17,20)/t13?,24-/m0/s1. The van der Waals surface area contributed by atoms with E-state index in [1.54, 1.807) is 0 Å². The molecule has 1 unspecified atom stereocenters. The largest absolute Gasteiger partial charge is 0.445 e. The van der Waals surface area contributed by atoms with Crippen LogP contribution >= 0.6 is 7.67 Å². The van der Waals surface area contributed by atoms with E-state index < -0.39 is 25.7 Å². The monoisotopic (exact) mass is 355 g/mol. The number of β-lactam (4-membered cyclic amide) rings is 1. The Morgan fingerprint density at radius 1 is 1.38 bits per heavy atom. The van der Waals surface area contributed by atoms with Gasteiger partial charge in [-0.2, -0.15) is 0 Å². The first-order chi connectivity index (χ1) is 11.5. The number of nitrogens with one attached hydrogen (secondary N) is 2.